The predicted molar refractivity (Wildman–Crippen MR) is 85.0 cm³/mol. The standard InChI is InChI=1S/C17H17NO2S/c1-19-16-4-2-3-5-17(16)21-13-12-20-15-8-6-14(7-9-15)10-11-18/h2-9H,10,12-13H2,1H3. The van der Waals surface area contributed by atoms with Crippen molar-refractivity contribution in [1.82, 2.24) is 0 Å². The van der Waals surface area contributed by atoms with Crippen LogP contribution in [0.15, 0.2) is 53.4 Å². The van der Waals surface area contributed by atoms with Crippen LogP contribution in [0.4, 0.5) is 0 Å². The fourth-order valence-corrected chi connectivity index (χ4v) is 2.70. The molecule has 0 aliphatic rings. The molecule has 0 aliphatic heterocycles. The summed E-state index contributed by atoms with van der Waals surface area (Å²) in [7, 11) is 1.68. The first-order chi connectivity index (χ1) is 10.3. The van der Waals surface area contributed by atoms with Crippen molar-refractivity contribution in [1.29, 1.82) is 5.26 Å². The summed E-state index contributed by atoms with van der Waals surface area (Å²) in [5, 5.41) is 8.62. The largest absolute Gasteiger partial charge is 0.496 e. The van der Waals surface area contributed by atoms with Gasteiger partial charge in [0, 0.05) is 10.6 Å². The maximum atomic E-state index is 8.62. The minimum absolute atomic E-state index is 0.434. The third-order valence-electron chi connectivity index (χ3n) is 2.89. The number of benzene rings is 2. The summed E-state index contributed by atoms with van der Waals surface area (Å²) < 4.78 is 11.0. The molecule has 2 aromatic carbocycles. The van der Waals surface area contributed by atoms with Gasteiger partial charge in [-0.05, 0) is 29.8 Å². The molecule has 4 heteroatoms. The average Bonchev–Trinajstić information content (AvgIpc) is 2.54. The summed E-state index contributed by atoms with van der Waals surface area (Å²) in [6.45, 7) is 0.625. The number of nitriles is 1. The Morgan fingerprint density at radius 1 is 1.10 bits per heavy atom. The van der Waals surface area contributed by atoms with Crippen LogP contribution in [-0.2, 0) is 6.42 Å². The van der Waals surface area contributed by atoms with Crippen molar-refractivity contribution in [3.05, 3.63) is 54.1 Å². The Morgan fingerprint density at radius 2 is 1.86 bits per heavy atom. The van der Waals surface area contributed by atoms with E-state index in [0.717, 1.165) is 27.7 Å². The quantitative estimate of drug-likeness (QED) is 0.574. The molecular formula is C17H17NO2S. The summed E-state index contributed by atoms with van der Waals surface area (Å²) in [4.78, 5) is 1.12. The Bertz CT molecular complexity index is 605. The van der Waals surface area contributed by atoms with Gasteiger partial charge in [-0.15, -0.1) is 11.8 Å². The molecule has 0 aromatic heterocycles. The van der Waals surface area contributed by atoms with Gasteiger partial charge in [0.1, 0.15) is 11.5 Å². The van der Waals surface area contributed by atoms with Gasteiger partial charge in [0.2, 0.25) is 0 Å². The SMILES string of the molecule is COc1ccccc1SCCOc1ccc(CC#N)cc1. The van der Waals surface area contributed by atoms with Crippen molar-refractivity contribution in [2.45, 2.75) is 11.3 Å². The molecule has 108 valence electrons. The Labute approximate surface area is 129 Å². The zero-order valence-corrected chi connectivity index (χ0v) is 12.7. The minimum Gasteiger partial charge on any atom is -0.496 e. The molecule has 0 atom stereocenters. The number of methoxy groups -OCH3 is 1. The maximum Gasteiger partial charge on any atom is 0.132 e. The van der Waals surface area contributed by atoms with Gasteiger partial charge in [-0.25, -0.2) is 0 Å². The fraction of sp³-hybridized carbons (Fsp3) is 0.235. The van der Waals surface area contributed by atoms with E-state index in [1.807, 2.05) is 48.5 Å². The van der Waals surface area contributed by atoms with Crippen LogP contribution in [0.2, 0.25) is 0 Å². The molecule has 21 heavy (non-hydrogen) atoms. The van der Waals surface area contributed by atoms with E-state index in [-0.39, 0.29) is 0 Å². The topological polar surface area (TPSA) is 42.2 Å². The molecule has 0 saturated heterocycles. The van der Waals surface area contributed by atoms with Gasteiger partial charge in [-0.1, -0.05) is 24.3 Å². The first-order valence-corrected chi connectivity index (χ1v) is 7.66. The highest BCUT2D eigenvalue weighted by Gasteiger charge is 2.02. The third kappa shape index (κ3) is 4.73. The van der Waals surface area contributed by atoms with E-state index in [1.54, 1.807) is 18.9 Å². The van der Waals surface area contributed by atoms with Crippen LogP contribution in [0.1, 0.15) is 5.56 Å². The van der Waals surface area contributed by atoms with Gasteiger partial charge >= 0.3 is 0 Å². The number of ether oxygens (including phenoxy) is 2. The van der Waals surface area contributed by atoms with Crippen LogP contribution in [0.3, 0.4) is 0 Å². The number of rotatable bonds is 7. The van der Waals surface area contributed by atoms with Crippen LogP contribution >= 0.6 is 11.8 Å². The maximum absolute atomic E-state index is 8.62. The van der Waals surface area contributed by atoms with E-state index in [2.05, 4.69) is 6.07 Å². The highest BCUT2D eigenvalue weighted by atomic mass is 32.2. The molecule has 0 bridgehead atoms. The third-order valence-corrected chi connectivity index (χ3v) is 3.90. The second-order valence-corrected chi connectivity index (χ2v) is 5.46. The second kappa shape index (κ2) is 8.23. The molecule has 0 aliphatic carbocycles. The number of para-hydroxylation sites is 1. The van der Waals surface area contributed by atoms with Gasteiger partial charge in [-0.2, -0.15) is 5.26 Å². The molecule has 0 unspecified atom stereocenters. The minimum atomic E-state index is 0.434. The van der Waals surface area contributed by atoms with E-state index < -0.39 is 0 Å². The van der Waals surface area contributed by atoms with E-state index >= 15 is 0 Å². The summed E-state index contributed by atoms with van der Waals surface area (Å²) >= 11 is 1.71. The number of thioether (sulfide) groups is 1. The molecule has 0 radical (unpaired) electrons. The lowest BCUT2D eigenvalue weighted by molar-refractivity contribution is 0.343. The molecule has 0 heterocycles. The highest BCUT2D eigenvalue weighted by Crippen LogP contribution is 2.28. The molecule has 0 spiro atoms. The van der Waals surface area contributed by atoms with E-state index in [4.69, 9.17) is 14.7 Å². The van der Waals surface area contributed by atoms with Crippen molar-refractivity contribution in [3.8, 4) is 17.6 Å². The summed E-state index contributed by atoms with van der Waals surface area (Å²) in [6.07, 6.45) is 0.434. The Balaban J connectivity index is 1.78. The van der Waals surface area contributed by atoms with Gasteiger partial charge < -0.3 is 9.47 Å². The number of nitrogens with zero attached hydrogens (tertiary/aromatic N) is 1. The molecule has 0 N–H and O–H groups in total. The van der Waals surface area contributed by atoms with Crippen molar-refractivity contribution >= 4 is 11.8 Å². The molecule has 0 saturated carbocycles. The van der Waals surface area contributed by atoms with Crippen LogP contribution in [0, 0.1) is 11.3 Å². The lowest BCUT2D eigenvalue weighted by atomic mass is 10.2. The molecular weight excluding hydrogens is 282 g/mol. The number of hydrogen-bond acceptors (Lipinski definition) is 4. The van der Waals surface area contributed by atoms with Gasteiger partial charge in [0.05, 0.1) is 26.2 Å². The first-order valence-electron chi connectivity index (χ1n) is 6.68. The van der Waals surface area contributed by atoms with Crippen molar-refractivity contribution in [2.75, 3.05) is 19.5 Å². The van der Waals surface area contributed by atoms with Gasteiger partial charge in [-0.3, -0.25) is 0 Å². The molecule has 0 fully saturated rings. The van der Waals surface area contributed by atoms with Crippen LogP contribution < -0.4 is 9.47 Å². The van der Waals surface area contributed by atoms with Crippen molar-refractivity contribution < 1.29 is 9.47 Å². The Morgan fingerprint density at radius 3 is 2.57 bits per heavy atom. The van der Waals surface area contributed by atoms with E-state index in [0.29, 0.717) is 13.0 Å². The first kappa shape index (κ1) is 15.3. The van der Waals surface area contributed by atoms with E-state index in [9.17, 15) is 0 Å². The summed E-state index contributed by atoms with van der Waals surface area (Å²) in [6, 6.07) is 17.7. The normalized spacial score (nSPS) is 9.90. The van der Waals surface area contributed by atoms with Crippen LogP contribution in [0.25, 0.3) is 0 Å². The fourth-order valence-electron chi connectivity index (χ4n) is 1.84. The molecule has 3 nitrogen and oxygen atoms in total. The zero-order chi connectivity index (χ0) is 14.9. The lowest BCUT2D eigenvalue weighted by Crippen LogP contribution is -2.00. The molecule has 2 rings (SSSR count). The second-order valence-electron chi connectivity index (χ2n) is 4.33. The monoisotopic (exact) mass is 299 g/mol. The summed E-state index contributed by atoms with van der Waals surface area (Å²) in [5.74, 6) is 2.57. The smallest absolute Gasteiger partial charge is 0.132 e. The van der Waals surface area contributed by atoms with Crippen molar-refractivity contribution in [3.63, 3.8) is 0 Å². The Hall–Kier alpha value is -2.12. The molecule has 2 aromatic rings. The summed E-state index contributed by atoms with van der Waals surface area (Å²) in [5.41, 5.74) is 1.01. The zero-order valence-electron chi connectivity index (χ0n) is 11.9. The number of hydrogen-bond donors (Lipinski definition) is 0. The lowest BCUT2D eigenvalue weighted by Gasteiger charge is -2.09. The molecule has 0 amide bonds. The van der Waals surface area contributed by atoms with E-state index in [1.165, 1.54) is 0 Å². The van der Waals surface area contributed by atoms with Gasteiger partial charge in [0.25, 0.3) is 0 Å². The predicted octanol–water partition coefficient (Wildman–Crippen LogP) is 3.93. The highest BCUT2D eigenvalue weighted by molar-refractivity contribution is 7.99. The van der Waals surface area contributed by atoms with Gasteiger partial charge in [0.15, 0.2) is 0 Å². The van der Waals surface area contributed by atoms with Crippen molar-refractivity contribution in [2.24, 2.45) is 0 Å². The van der Waals surface area contributed by atoms with Crippen LogP contribution in [0.5, 0.6) is 11.5 Å². The Kier molecular flexibility index (Phi) is 5.99. The van der Waals surface area contributed by atoms with Crippen LogP contribution in [-0.4, -0.2) is 19.5 Å². The average molecular weight is 299 g/mol.